The van der Waals surface area contributed by atoms with Crippen molar-refractivity contribution in [2.75, 3.05) is 6.61 Å². The fourth-order valence-corrected chi connectivity index (χ4v) is 2.37. The minimum Gasteiger partial charge on any atom is -0.462 e. The van der Waals surface area contributed by atoms with E-state index in [4.69, 9.17) is 9.47 Å². The molecule has 0 amide bonds. The van der Waals surface area contributed by atoms with Crippen LogP contribution in [0, 0.1) is 0 Å². The molecule has 0 fully saturated rings. The van der Waals surface area contributed by atoms with Gasteiger partial charge in [-0.1, -0.05) is 84.3 Å². The van der Waals surface area contributed by atoms with Gasteiger partial charge in [0.2, 0.25) is 0 Å². The van der Waals surface area contributed by atoms with Gasteiger partial charge >= 0.3 is 11.9 Å². The summed E-state index contributed by atoms with van der Waals surface area (Å²) in [6.07, 6.45) is 14.4. The van der Waals surface area contributed by atoms with Crippen LogP contribution in [0.3, 0.4) is 0 Å². The lowest BCUT2D eigenvalue weighted by Gasteiger charge is -2.05. The zero-order chi connectivity index (χ0) is 21.8. The smallest absolute Gasteiger partial charge is 0.333 e. The van der Waals surface area contributed by atoms with E-state index in [0.29, 0.717) is 17.8 Å². The zero-order valence-electron chi connectivity index (χ0n) is 19.1. The van der Waals surface area contributed by atoms with E-state index in [2.05, 4.69) is 20.1 Å². The van der Waals surface area contributed by atoms with Crippen LogP contribution in [-0.2, 0) is 19.1 Å². The van der Waals surface area contributed by atoms with Crippen LogP contribution in [0.25, 0.3) is 0 Å². The van der Waals surface area contributed by atoms with Crippen LogP contribution in [0.2, 0.25) is 0 Å². The second-order valence-electron chi connectivity index (χ2n) is 7.69. The van der Waals surface area contributed by atoms with Gasteiger partial charge in [-0.3, -0.25) is 0 Å². The highest BCUT2D eigenvalue weighted by Gasteiger charge is 2.04. The van der Waals surface area contributed by atoms with Crippen LogP contribution in [0.4, 0.5) is 0 Å². The lowest BCUT2D eigenvalue weighted by molar-refractivity contribution is -0.142. The maximum atomic E-state index is 11.1. The highest BCUT2D eigenvalue weighted by Crippen LogP contribution is 2.11. The molecule has 0 unspecified atom stereocenters. The fourth-order valence-electron chi connectivity index (χ4n) is 2.37. The first kappa shape index (κ1) is 28.6. The van der Waals surface area contributed by atoms with Crippen LogP contribution >= 0.6 is 0 Å². The predicted octanol–water partition coefficient (Wildman–Crippen LogP) is 6.93. The van der Waals surface area contributed by atoms with Crippen molar-refractivity contribution in [3.63, 3.8) is 0 Å². The Morgan fingerprint density at radius 1 is 0.714 bits per heavy atom. The summed E-state index contributed by atoms with van der Waals surface area (Å²) in [5.74, 6) is -0.572. The molecule has 0 rings (SSSR count). The SMILES string of the molecule is C=C(C)C(=O)OC(C)C.C=C(C)C(=O)OCCCCCCCCCCCCC. The van der Waals surface area contributed by atoms with E-state index in [-0.39, 0.29) is 18.0 Å². The van der Waals surface area contributed by atoms with Gasteiger partial charge in [0.1, 0.15) is 0 Å². The maximum absolute atomic E-state index is 11.1. The Morgan fingerprint density at radius 2 is 1.11 bits per heavy atom. The molecular formula is C24H44O4. The van der Waals surface area contributed by atoms with Gasteiger partial charge in [-0.05, 0) is 34.1 Å². The van der Waals surface area contributed by atoms with Crippen molar-refractivity contribution in [2.24, 2.45) is 0 Å². The van der Waals surface area contributed by atoms with E-state index < -0.39 is 0 Å². The van der Waals surface area contributed by atoms with E-state index in [1.54, 1.807) is 27.7 Å². The molecule has 0 saturated heterocycles. The van der Waals surface area contributed by atoms with Crippen molar-refractivity contribution in [3.05, 3.63) is 24.3 Å². The normalized spacial score (nSPS) is 10.1. The molecule has 0 aliphatic carbocycles. The Kier molecular flexibility index (Phi) is 20.6. The van der Waals surface area contributed by atoms with Gasteiger partial charge in [0.25, 0.3) is 0 Å². The average molecular weight is 397 g/mol. The van der Waals surface area contributed by atoms with Crippen molar-refractivity contribution >= 4 is 11.9 Å². The summed E-state index contributed by atoms with van der Waals surface area (Å²) in [5, 5.41) is 0. The molecule has 4 nitrogen and oxygen atoms in total. The summed E-state index contributed by atoms with van der Waals surface area (Å²) < 4.78 is 9.82. The summed E-state index contributed by atoms with van der Waals surface area (Å²) in [6, 6.07) is 0. The summed E-state index contributed by atoms with van der Waals surface area (Å²) in [7, 11) is 0. The number of hydrogen-bond acceptors (Lipinski definition) is 4. The monoisotopic (exact) mass is 396 g/mol. The second kappa shape index (κ2) is 20.2. The average Bonchev–Trinajstić information content (AvgIpc) is 2.62. The van der Waals surface area contributed by atoms with Crippen molar-refractivity contribution in [1.82, 2.24) is 0 Å². The molecule has 0 N–H and O–H groups in total. The summed E-state index contributed by atoms with van der Waals surface area (Å²) in [4.78, 5) is 21.7. The van der Waals surface area contributed by atoms with E-state index in [1.165, 1.54) is 64.2 Å². The number of carbonyl (C=O) groups excluding carboxylic acids is 2. The number of ether oxygens (including phenoxy) is 2. The van der Waals surface area contributed by atoms with Gasteiger partial charge in [0, 0.05) is 11.1 Å². The minimum absolute atomic E-state index is 0.0470. The third-order valence-electron chi connectivity index (χ3n) is 4.02. The van der Waals surface area contributed by atoms with Gasteiger partial charge in [-0.2, -0.15) is 0 Å². The number of unbranched alkanes of at least 4 members (excludes halogenated alkanes) is 10. The van der Waals surface area contributed by atoms with Crippen molar-refractivity contribution in [2.45, 2.75) is 111 Å². The van der Waals surface area contributed by atoms with Crippen molar-refractivity contribution in [1.29, 1.82) is 0 Å². The summed E-state index contributed by atoms with van der Waals surface area (Å²) in [6.45, 7) is 16.7. The van der Waals surface area contributed by atoms with E-state index in [0.717, 1.165) is 6.42 Å². The van der Waals surface area contributed by atoms with Crippen LogP contribution in [0.1, 0.15) is 105 Å². The van der Waals surface area contributed by atoms with E-state index in [9.17, 15) is 9.59 Å². The third kappa shape index (κ3) is 22.5. The first-order valence-electron chi connectivity index (χ1n) is 10.9. The number of hydrogen-bond donors (Lipinski definition) is 0. The maximum Gasteiger partial charge on any atom is 0.333 e. The molecule has 0 aromatic carbocycles. The Morgan fingerprint density at radius 3 is 1.43 bits per heavy atom. The Hall–Kier alpha value is -1.58. The molecule has 0 spiro atoms. The first-order valence-corrected chi connectivity index (χ1v) is 10.9. The molecule has 0 saturated carbocycles. The van der Waals surface area contributed by atoms with Gasteiger partial charge in [0.05, 0.1) is 12.7 Å². The number of esters is 2. The molecule has 0 aliphatic heterocycles. The molecule has 0 heterocycles. The van der Waals surface area contributed by atoms with Crippen LogP contribution in [-0.4, -0.2) is 24.6 Å². The van der Waals surface area contributed by atoms with Crippen molar-refractivity contribution < 1.29 is 19.1 Å². The van der Waals surface area contributed by atoms with Gasteiger partial charge in [-0.15, -0.1) is 0 Å². The van der Waals surface area contributed by atoms with Crippen LogP contribution < -0.4 is 0 Å². The Balaban J connectivity index is 0. The summed E-state index contributed by atoms with van der Waals surface area (Å²) >= 11 is 0. The quantitative estimate of drug-likeness (QED) is 0.171. The highest BCUT2D eigenvalue weighted by atomic mass is 16.5. The predicted molar refractivity (Wildman–Crippen MR) is 118 cm³/mol. The topological polar surface area (TPSA) is 52.6 Å². The molecule has 0 atom stereocenters. The minimum atomic E-state index is -0.315. The molecule has 0 aromatic heterocycles. The molecule has 4 heteroatoms. The Labute approximate surface area is 173 Å². The van der Waals surface area contributed by atoms with Crippen molar-refractivity contribution in [3.8, 4) is 0 Å². The second-order valence-corrected chi connectivity index (χ2v) is 7.69. The number of rotatable bonds is 15. The largest absolute Gasteiger partial charge is 0.462 e. The molecular weight excluding hydrogens is 352 g/mol. The van der Waals surface area contributed by atoms with Gasteiger partial charge in [-0.25, -0.2) is 9.59 Å². The van der Waals surface area contributed by atoms with Gasteiger partial charge in [0.15, 0.2) is 0 Å². The number of carbonyl (C=O) groups is 2. The molecule has 0 aromatic rings. The molecule has 0 bridgehead atoms. The molecule has 28 heavy (non-hydrogen) atoms. The standard InChI is InChI=1S/C17H32O2.C7H12O2/c1-4-5-6-7-8-9-10-11-12-13-14-15-19-17(18)16(2)3;1-5(2)7(8)9-6(3)4/h2,4-15H2,1,3H3;6H,1H2,2-4H3. The molecule has 0 radical (unpaired) electrons. The van der Waals surface area contributed by atoms with Crippen LogP contribution in [0.15, 0.2) is 24.3 Å². The third-order valence-corrected chi connectivity index (χ3v) is 4.02. The Bertz CT molecular complexity index is 438. The lowest BCUT2D eigenvalue weighted by Crippen LogP contribution is -2.11. The molecule has 0 aliphatic rings. The van der Waals surface area contributed by atoms with Crippen LogP contribution in [0.5, 0.6) is 0 Å². The van der Waals surface area contributed by atoms with E-state index >= 15 is 0 Å². The fraction of sp³-hybridized carbons (Fsp3) is 0.750. The van der Waals surface area contributed by atoms with Gasteiger partial charge < -0.3 is 9.47 Å². The highest BCUT2D eigenvalue weighted by molar-refractivity contribution is 5.87. The summed E-state index contributed by atoms with van der Waals surface area (Å²) in [5.41, 5.74) is 0.937. The lowest BCUT2D eigenvalue weighted by atomic mass is 10.1. The zero-order valence-corrected chi connectivity index (χ0v) is 19.1. The molecule has 164 valence electrons. The first-order chi connectivity index (χ1) is 13.2. The van der Waals surface area contributed by atoms with E-state index in [1.807, 2.05) is 0 Å².